The molecule has 0 aliphatic carbocycles. The Morgan fingerprint density at radius 2 is 1.11 bits per heavy atom. The minimum Gasteiger partial charge on any atom is -0.410 e. The van der Waals surface area contributed by atoms with Gasteiger partial charge < -0.3 is 24.8 Å². The molecule has 7 heteroatoms. The Bertz CT molecular complexity index is 647. The molecule has 7 nitrogen and oxygen atoms in total. The molecule has 0 bridgehead atoms. The first kappa shape index (κ1) is 20.3. The second-order valence-electron chi connectivity index (χ2n) is 6.03. The van der Waals surface area contributed by atoms with Crippen molar-refractivity contribution in [2.24, 2.45) is 0 Å². The molecule has 0 aromatic heterocycles. The van der Waals surface area contributed by atoms with E-state index in [0.717, 1.165) is 0 Å². The molecule has 2 atom stereocenters. The molecule has 0 radical (unpaired) electrons. The minimum absolute atomic E-state index is 0.246. The van der Waals surface area contributed by atoms with Gasteiger partial charge in [-0.1, -0.05) is 36.4 Å². The van der Waals surface area contributed by atoms with Crippen LogP contribution in [-0.4, -0.2) is 37.5 Å². The zero-order chi connectivity index (χ0) is 19.5. The highest BCUT2D eigenvalue weighted by Crippen LogP contribution is 2.09. The van der Waals surface area contributed by atoms with Crippen LogP contribution < -0.4 is 20.1 Å². The highest BCUT2D eigenvalue weighted by Gasteiger charge is 2.12. The second-order valence-corrected chi connectivity index (χ2v) is 6.03. The average Bonchev–Trinajstić information content (AvgIpc) is 2.63. The van der Waals surface area contributed by atoms with Crippen molar-refractivity contribution >= 4 is 12.2 Å². The standard InChI is InChI=1S/C20H24N2O5/c1-15(21-19(23)26-17-9-5-3-6-10-17)13-25-14-16(2)22-20(24)27-18-11-7-4-8-12-18/h3-12,15-16H,13-14H2,1-2H3,(H,21,23)(H,22,24). The fraction of sp³-hybridized carbons (Fsp3) is 0.300. The van der Waals surface area contributed by atoms with E-state index in [0.29, 0.717) is 11.5 Å². The maximum atomic E-state index is 11.8. The summed E-state index contributed by atoms with van der Waals surface area (Å²) >= 11 is 0. The third-order valence-electron chi connectivity index (χ3n) is 3.37. The zero-order valence-corrected chi connectivity index (χ0v) is 15.4. The predicted octanol–water partition coefficient (Wildman–Crippen LogP) is 3.36. The van der Waals surface area contributed by atoms with Gasteiger partial charge in [-0.2, -0.15) is 0 Å². The summed E-state index contributed by atoms with van der Waals surface area (Å²) in [7, 11) is 0. The number of ether oxygens (including phenoxy) is 3. The molecule has 2 amide bonds. The summed E-state index contributed by atoms with van der Waals surface area (Å²) in [4.78, 5) is 23.6. The van der Waals surface area contributed by atoms with Crippen molar-refractivity contribution in [3.05, 3.63) is 60.7 Å². The van der Waals surface area contributed by atoms with Crippen LogP contribution in [-0.2, 0) is 4.74 Å². The van der Waals surface area contributed by atoms with E-state index in [2.05, 4.69) is 10.6 Å². The number of carbonyl (C=O) groups excluding carboxylic acids is 2. The van der Waals surface area contributed by atoms with Gasteiger partial charge >= 0.3 is 12.2 Å². The molecule has 2 N–H and O–H groups in total. The summed E-state index contributed by atoms with van der Waals surface area (Å²) in [6.45, 7) is 4.16. The zero-order valence-electron chi connectivity index (χ0n) is 15.4. The van der Waals surface area contributed by atoms with Gasteiger partial charge in [-0.15, -0.1) is 0 Å². The third-order valence-corrected chi connectivity index (χ3v) is 3.37. The Balaban J connectivity index is 1.60. The maximum Gasteiger partial charge on any atom is 0.412 e. The summed E-state index contributed by atoms with van der Waals surface area (Å²) in [5, 5.41) is 5.35. The number of benzene rings is 2. The Labute approximate surface area is 158 Å². The Morgan fingerprint density at radius 1 is 0.741 bits per heavy atom. The van der Waals surface area contributed by atoms with Gasteiger partial charge in [0.1, 0.15) is 11.5 Å². The number of para-hydroxylation sites is 2. The quantitative estimate of drug-likeness (QED) is 0.742. The van der Waals surface area contributed by atoms with Crippen LogP contribution >= 0.6 is 0 Å². The van der Waals surface area contributed by atoms with Crippen molar-refractivity contribution in [1.29, 1.82) is 0 Å². The molecular weight excluding hydrogens is 348 g/mol. The van der Waals surface area contributed by atoms with Gasteiger partial charge in [0, 0.05) is 0 Å². The van der Waals surface area contributed by atoms with Crippen LogP contribution in [0, 0.1) is 0 Å². The molecule has 0 saturated heterocycles. The Kier molecular flexibility index (Phi) is 8.12. The summed E-state index contributed by atoms with van der Waals surface area (Å²) in [6.07, 6.45) is -1.09. The first-order chi connectivity index (χ1) is 13.0. The molecule has 0 spiro atoms. The fourth-order valence-electron chi connectivity index (χ4n) is 2.16. The third kappa shape index (κ3) is 8.24. The first-order valence-corrected chi connectivity index (χ1v) is 8.67. The van der Waals surface area contributed by atoms with Crippen molar-refractivity contribution in [3.8, 4) is 11.5 Å². The van der Waals surface area contributed by atoms with Crippen LogP contribution in [0.5, 0.6) is 11.5 Å². The molecular formula is C20H24N2O5. The van der Waals surface area contributed by atoms with Gasteiger partial charge in [0.25, 0.3) is 0 Å². The molecule has 0 aliphatic rings. The number of hydrogen-bond donors (Lipinski definition) is 2. The minimum atomic E-state index is -0.546. The molecule has 2 aromatic carbocycles. The van der Waals surface area contributed by atoms with Crippen LogP contribution in [0.3, 0.4) is 0 Å². The Morgan fingerprint density at radius 3 is 1.48 bits per heavy atom. The lowest BCUT2D eigenvalue weighted by Gasteiger charge is -2.17. The van der Waals surface area contributed by atoms with E-state index in [1.165, 1.54) is 0 Å². The van der Waals surface area contributed by atoms with E-state index in [4.69, 9.17) is 14.2 Å². The van der Waals surface area contributed by atoms with Gasteiger partial charge in [0.05, 0.1) is 25.3 Å². The number of amides is 2. The number of carbonyl (C=O) groups is 2. The summed E-state index contributed by atoms with van der Waals surface area (Å²) in [5.74, 6) is 0.940. The monoisotopic (exact) mass is 372 g/mol. The van der Waals surface area contributed by atoms with Gasteiger partial charge in [0.2, 0.25) is 0 Å². The molecule has 2 unspecified atom stereocenters. The van der Waals surface area contributed by atoms with Crippen molar-refractivity contribution in [3.63, 3.8) is 0 Å². The SMILES string of the molecule is CC(COCC(C)NC(=O)Oc1ccccc1)NC(=O)Oc1ccccc1. The van der Waals surface area contributed by atoms with E-state index in [-0.39, 0.29) is 25.3 Å². The van der Waals surface area contributed by atoms with Gasteiger partial charge in [-0.05, 0) is 38.1 Å². The average molecular weight is 372 g/mol. The lowest BCUT2D eigenvalue weighted by molar-refractivity contribution is 0.0971. The predicted molar refractivity (Wildman–Crippen MR) is 101 cm³/mol. The van der Waals surface area contributed by atoms with Crippen LogP contribution in [0.25, 0.3) is 0 Å². The van der Waals surface area contributed by atoms with Crippen LogP contribution in [0.2, 0.25) is 0 Å². The number of hydrogen-bond acceptors (Lipinski definition) is 5. The maximum absolute atomic E-state index is 11.8. The van der Waals surface area contributed by atoms with Crippen molar-refractivity contribution in [1.82, 2.24) is 10.6 Å². The van der Waals surface area contributed by atoms with E-state index < -0.39 is 12.2 Å². The Hall–Kier alpha value is -3.06. The molecule has 2 rings (SSSR count). The lowest BCUT2D eigenvalue weighted by Crippen LogP contribution is -2.41. The highest BCUT2D eigenvalue weighted by molar-refractivity contribution is 5.71. The molecule has 144 valence electrons. The summed E-state index contributed by atoms with van der Waals surface area (Å²) in [5.41, 5.74) is 0. The smallest absolute Gasteiger partial charge is 0.410 e. The van der Waals surface area contributed by atoms with Gasteiger partial charge in [-0.3, -0.25) is 0 Å². The second kappa shape index (κ2) is 10.8. The topological polar surface area (TPSA) is 85.9 Å². The fourth-order valence-corrected chi connectivity index (χ4v) is 2.16. The number of rotatable bonds is 8. The van der Waals surface area contributed by atoms with Gasteiger partial charge in [-0.25, -0.2) is 9.59 Å². The van der Waals surface area contributed by atoms with Crippen LogP contribution in [0.1, 0.15) is 13.8 Å². The van der Waals surface area contributed by atoms with Crippen molar-refractivity contribution in [2.45, 2.75) is 25.9 Å². The van der Waals surface area contributed by atoms with Crippen LogP contribution in [0.4, 0.5) is 9.59 Å². The lowest BCUT2D eigenvalue weighted by atomic mass is 10.3. The molecule has 0 fully saturated rings. The molecule has 0 heterocycles. The van der Waals surface area contributed by atoms with Crippen LogP contribution in [0.15, 0.2) is 60.7 Å². The molecule has 27 heavy (non-hydrogen) atoms. The van der Waals surface area contributed by atoms with E-state index in [1.807, 2.05) is 12.1 Å². The van der Waals surface area contributed by atoms with Gasteiger partial charge in [0.15, 0.2) is 0 Å². The van der Waals surface area contributed by atoms with Crippen molar-refractivity contribution in [2.75, 3.05) is 13.2 Å². The van der Waals surface area contributed by atoms with E-state index >= 15 is 0 Å². The first-order valence-electron chi connectivity index (χ1n) is 8.67. The number of nitrogens with one attached hydrogen (secondary N) is 2. The molecule has 2 aromatic rings. The van der Waals surface area contributed by atoms with Crippen molar-refractivity contribution < 1.29 is 23.8 Å². The normalized spacial score (nSPS) is 12.5. The summed E-state index contributed by atoms with van der Waals surface area (Å²) < 4.78 is 15.8. The molecule has 0 aliphatic heterocycles. The van der Waals surface area contributed by atoms with E-state index in [1.54, 1.807) is 62.4 Å². The highest BCUT2D eigenvalue weighted by atomic mass is 16.6. The van der Waals surface area contributed by atoms with E-state index in [9.17, 15) is 9.59 Å². The largest absolute Gasteiger partial charge is 0.412 e. The summed E-state index contributed by atoms with van der Waals surface area (Å²) in [6, 6.07) is 17.1. The molecule has 0 saturated carbocycles.